The second kappa shape index (κ2) is 9.62. The first-order chi connectivity index (χ1) is 11.9. The van der Waals surface area contributed by atoms with Crippen LogP contribution in [0.3, 0.4) is 0 Å². The molecule has 0 aliphatic heterocycles. The smallest absolute Gasteiger partial charge is 0.207 e. The van der Waals surface area contributed by atoms with E-state index in [0.717, 1.165) is 29.7 Å². The minimum Gasteiger partial charge on any atom is -0.207 e. The molecule has 0 aromatic heterocycles. The van der Waals surface area contributed by atoms with Crippen molar-refractivity contribution in [3.05, 3.63) is 59.1 Å². The maximum absolute atomic E-state index is 12.6. The molecule has 2 rings (SSSR count). The van der Waals surface area contributed by atoms with E-state index in [1.165, 1.54) is 0 Å². The highest BCUT2D eigenvalue weighted by molar-refractivity contribution is 7.99. The number of hydrogen-bond acceptors (Lipinski definition) is 3. The molecule has 0 fully saturated rings. The molecule has 1 N–H and O–H groups in total. The molecule has 6 heteroatoms. The lowest BCUT2D eigenvalue weighted by molar-refractivity contribution is 0.538. The van der Waals surface area contributed by atoms with Crippen LogP contribution < -0.4 is 4.72 Å². The molecular weight excluding hydrogens is 374 g/mol. The molecule has 0 amide bonds. The zero-order valence-electron chi connectivity index (χ0n) is 14.5. The number of hydrogen-bond donors (Lipinski definition) is 1. The quantitative estimate of drug-likeness (QED) is 0.585. The van der Waals surface area contributed by atoms with Crippen LogP contribution in [-0.2, 0) is 10.0 Å². The van der Waals surface area contributed by atoms with Crippen molar-refractivity contribution in [2.24, 2.45) is 0 Å². The van der Waals surface area contributed by atoms with Gasteiger partial charge in [-0.05, 0) is 49.7 Å². The van der Waals surface area contributed by atoms with Crippen molar-refractivity contribution in [1.82, 2.24) is 4.72 Å². The van der Waals surface area contributed by atoms with Gasteiger partial charge in [0.25, 0.3) is 0 Å². The molecule has 0 unspecified atom stereocenters. The number of aryl methyl sites for hydroxylation is 1. The maximum Gasteiger partial charge on any atom is 0.240 e. The van der Waals surface area contributed by atoms with Crippen molar-refractivity contribution < 1.29 is 8.42 Å². The highest BCUT2D eigenvalue weighted by atomic mass is 35.5. The summed E-state index contributed by atoms with van der Waals surface area (Å²) in [6.07, 6.45) is 2.85. The van der Waals surface area contributed by atoms with Gasteiger partial charge < -0.3 is 0 Å². The number of unbranched alkanes of at least 4 members (excludes halogenated alkanes) is 1. The van der Waals surface area contributed by atoms with Crippen LogP contribution in [0.1, 0.15) is 31.7 Å². The van der Waals surface area contributed by atoms with Crippen molar-refractivity contribution in [2.45, 2.75) is 48.9 Å². The average Bonchev–Trinajstić information content (AvgIpc) is 2.59. The third-order valence-corrected chi connectivity index (χ3v) is 6.79. The SMILES string of the molecule is CCCC[C@H](CSc1ccc(Cl)cc1)NS(=O)(=O)c1ccc(C)cc1. The van der Waals surface area contributed by atoms with E-state index < -0.39 is 10.0 Å². The van der Waals surface area contributed by atoms with Gasteiger partial charge in [-0.3, -0.25) is 0 Å². The molecule has 136 valence electrons. The lowest BCUT2D eigenvalue weighted by Crippen LogP contribution is -2.36. The van der Waals surface area contributed by atoms with Gasteiger partial charge in [0, 0.05) is 21.7 Å². The van der Waals surface area contributed by atoms with E-state index >= 15 is 0 Å². The summed E-state index contributed by atoms with van der Waals surface area (Å²) in [4.78, 5) is 1.40. The van der Waals surface area contributed by atoms with Gasteiger partial charge in [0.1, 0.15) is 0 Å². The Hall–Kier alpha value is -1.01. The molecule has 0 saturated heterocycles. The molecule has 2 aromatic carbocycles. The number of benzene rings is 2. The van der Waals surface area contributed by atoms with Crippen LogP contribution in [0.15, 0.2) is 58.3 Å². The Morgan fingerprint density at radius 3 is 2.32 bits per heavy atom. The first-order valence-electron chi connectivity index (χ1n) is 8.38. The fraction of sp³-hybridized carbons (Fsp3) is 0.368. The second-order valence-corrected chi connectivity index (χ2v) is 9.28. The number of sulfonamides is 1. The van der Waals surface area contributed by atoms with Crippen LogP contribution in [0.4, 0.5) is 0 Å². The molecule has 0 bridgehead atoms. The fourth-order valence-electron chi connectivity index (χ4n) is 2.36. The Morgan fingerprint density at radius 2 is 1.72 bits per heavy atom. The lowest BCUT2D eigenvalue weighted by Gasteiger charge is -2.18. The highest BCUT2D eigenvalue weighted by Gasteiger charge is 2.20. The van der Waals surface area contributed by atoms with Crippen LogP contribution in [0.25, 0.3) is 0 Å². The lowest BCUT2D eigenvalue weighted by atomic mass is 10.2. The molecule has 0 radical (unpaired) electrons. The predicted molar refractivity (Wildman–Crippen MR) is 107 cm³/mol. The molecule has 1 atom stereocenters. The Bertz CT molecular complexity index is 759. The third kappa shape index (κ3) is 6.66. The number of halogens is 1. The number of thioether (sulfide) groups is 1. The zero-order valence-corrected chi connectivity index (χ0v) is 16.9. The number of nitrogens with one attached hydrogen (secondary N) is 1. The largest absolute Gasteiger partial charge is 0.240 e. The Labute approximate surface area is 160 Å². The molecule has 2 aromatic rings. The van der Waals surface area contributed by atoms with Crippen LogP contribution in [-0.4, -0.2) is 20.2 Å². The molecule has 0 spiro atoms. The van der Waals surface area contributed by atoms with Gasteiger partial charge in [0.2, 0.25) is 10.0 Å². The van der Waals surface area contributed by atoms with Crippen LogP contribution in [0.5, 0.6) is 0 Å². The monoisotopic (exact) mass is 397 g/mol. The summed E-state index contributed by atoms with van der Waals surface area (Å²) in [7, 11) is -3.50. The molecule has 0 saturated carbocycles. The van der Waals surface area contributed by atoms with Gasteiger partial charge >= 0.3 is 0 Å². The van der Waals surface area contributed by atoms with E-state index in [1.807, 2.05) is 43.3 Å². The summed E-state index contributed by atoms with van der Waals surface area (Å²) >= 11 is 7.55. The molecule has 0 aliphatic carbocycles. The van der Waals surface area contributed by atoms with Crippen molar-refractivity contribution >= 4 is 33.4 Å². The van der Waals surface area contributed by atoms with Gasteiger partial charge in [0.15, 0.2) is 0 Å². The van der Waals surface area contributed by atoms with Crippen molar-refractivity contribution in [2.75, 3.05) is 5.75 Å². The molecule has 0 aliphatic rings. The fourth-order valence-corrected chi connectivity index (χ4v) is 4.83. The summed E-state index contributed by atoms with van der Waals surface area (Å²) < 4.78 is 28.1. The van der Waals surface area contributed by atoms with E-state index in [9.17, 15) is 8.42 Å². The predicted octanol–water partition coefficient (Wildman–Crippen LogP) is 5.28. The molecule has 0 heterocycles. The van der Waals surface area contributed by atoms with E-state index in [0.29, 0.717) is 15.7 Å². The van der Waals surface area contributed by atoms with Gasteiger partial charge in [-0.1, -0.05) is 49.1 Å². The first kappa shape index (κ1) is 20.3. The van der Waals surface area contributed by atoms with E-state index in [-0.39, 0.29) is 6.04 Å². The molecular formula is C19H24ClNO2S2. The van der Waals surface area contributed by atoms with Gasteiger partial charge in [0.05, 0.1) is 4.90 Å². The normalized spacial score (nSPS) is 12.9. The van der Waals surface area contributed by atoms with E-state index in [4.69, 9.17) is 11.6 Å². The summed E-state index contributed by atoms with van der Waals surface area (Å²) in [6, 6.07) is 14.4. The van der Waals surface area contributed by atoms with Gasteiger partial charge in [-0.25, -0.2) is 13.1 Å². The van der Waals surface area contributed by atoms with Crippen LogP contribution in [0, 0.1) is 6.92 Å². The highest BCUT2D eigenvalue weighted by Crippen LogP contribution is 2.23. The zero-order chi connectivity index (χ0) is 18.3. The Balaban J connectivity index is 2.05. The van der Waals surface area contributed by atoms with Gasteiger partial charge in [-0.15, -0.1) is 11.8 Å². The van der Waals surface area contributed by atoms with Crippen molar-refractivity contribution in [1.29, 1.82) is 0 Å². The Morgan fingerprint density at radius 1 is 1.08 bits per heavy atom. The third-order valence-electron chi connectivity index (χ3n) is 3.82. The Kier molecular flexibility index (Phi) is 7.81. The first-order valence-corrected chi connectivity index (χ1v) is 11.2. The topological polar surface area (TPSA) is 46.2 Å². The minimum atomic E-state index is -3.50. The standard InChI is InChI=1S/C19H24ClNO2S2/c1-3-4-5-17(14-24-18-10-8-16(20)9-11-18)21-25(22,23)19-12-6-15(2)7-13-19/h6-13,17,21H,3-5,14H2,1-2H3/t17-/m1/s1. The summed E-state index contributed by atoms with van der Waals surface area (Å²) in [5.74, 6) is 0.687. The van der Waals surface area contributed by atoms with Crippen LogP contribution >= 0.6 is 23.4 Å². The van der Waals surface area contributed by atoms with Crippen molar-refractivity contribution in [3.8, 4) is 0 Å². The van der Waals surface area contributed by atoms with Gasteiger partial charge in [-0.2, -0.15) is 0 Å². The number of rotatable bonds is 9. The molecule has 25 heavy (non-hydrogen) atoms. The van der Waals surface area contributed by atoms with Crippen LogP contribution in [0.2, 0.25) is 5.02 Å². The average molecular weight is 398 g/mol. The summed E-state index contributed by atoms with van der Waals surface area (Å²) in [6.45, 7) is 4.05. The molecule has 3 nitrogen and oxygen atoms in total. The second-order valence-electron chi connectivity index (χ2n) is 6.04. The summed E-state index contributed by atoms with van der Waals surface area (Å²) in [5.41, 5.74) is 1.04. The maximum atomic E-state index is 12.6. The van der Waals surface area contributed by atoms with E-state index in [2.05, 4.69) is 11.6 Å². The summed E-state index contributed by atoms with van der Waals surface area (Å²) in [5, 5.41) is 0.701. The van der Waals surface area contributed by atoms with Crippen molar-refractivity contribution in [3.63, 3.8) is 0 Å². The minimum absolute atomic E-state index is 0.105. The van der Waals surface area contributed by atoms with E-state index in [1.54, 1.807) is 23.9 Å².